The van der Waals surface area contributed by atoms with Gasteiger partial charge < -0.3 is 0 Å². The van der Waals surface area contributed by atoms with Crippen LogP contribution in [-0.4, -0.2) is 11.9 Å². The van der Waals surface area contributed by atoms with Crippen LogP contribution in [0.3, 0.4) is 0 Å². The highest BCUT2D eigenvalue weighted by Gasteiger charge is 2.40. The summed E-state index contributed by atoms with van der Waals surface area (Å²) in [5.41, 5.74) is 3.98. The van der Waals surface area contributed by atoms with Crippen LogP contribution < -0.4 is 5.32 Å². The summed E-state index contributed by atoms with van der Waals surface area (Å²) in [5.74, 6) is 0. The van der Waals surface area contributed by atoms with E-state index < -0.39 is 0 Å². The molecule has 0 spiro atoms. The lowest BCUT2D eigenvalue weighted by Gasteiger charge is -2.27. The predicted octanol–water partition coefficient (Wildman–Crippen LogP) is 4.70. The van der Waals surface area contributed by atoms with Crippen molar-refractivity contribution < 1.29 is 0 Å². The first kappa shape index (κ1) is 15.1. The molecule has 0 aliphatic carbocycles. The maximum Gasteiger partial charge on any atom is 0.0869 e. The molecule has 0 aromatic heterocycles. The molecule has 3 aromatic rings. The molecule has 0 unspecified atom stereocenters. The van der Waals surface area contributed by atoms with Crippen molar-refractivity contribution in [1.82, 2.24) is 10.2 Å². The minimum atomic E-state index is 0.210. The Morgan fingerprint density at radius 3 is 1.62 bits per heavy atom. The van der Waals surface area contributed by atoms with Gasteiger partial charge in [-0.15, -0.1) is 0 Å². The molecule has 120 valence electrons. The molecule has 1 saturated heterocycles. The Kier molecular flexibility index (Phi) is 4.16. The van der Waals surface area contributed by atoms with E-state index in [9.17, 15) is 0 Å². The van der Waals surface area contributed by atoms with Crippen LogP contribution >= 0.6 is 0 Å². The van der Waals surface area contributed by atoms with Gasteiger partial charge in [-0.05, 0) is 23.7 Å². The zero-order chi connectivity index (χ0) is 16.4. The fourth-order valence-corrected chi connectivity index (χ4v) is 3.76. The number of nitrogens with zero attached hydrogens (tertiary/aromatic N) is 1. The summed E-state index contributed by atoms with van der Waals surface area (Å²) >= 11 is 0. The van der Waals surface area contributed by atoms with Gasteiger partial charge in [0, 0.05) is 0 Å². The molecule has 2 heteroatoms. The quantitative estimate of drug-likeness (QED) is 0.753. The molecule has 1 fully saturated rings. The smallest absolute Gasteiger partial charge is 0.0869 e. The minimum Gasteiger partial charge on any atom is -0.289 e. The largest absolute Gasteiger partial charge is 0.289 e. The normalized spacial score (nSPS) is 24.1. The van der Waals surface area contributed by atoms with Crippen LogP contribution in [0.1, 0.15) is 34.9 Å². The van der Waals surface area contributed by atoms with Crippen LogP contribution in [0, 0.1) is 0 Å². The molecule has 1 N–H and O–H groups in total. The number of nitrogens with one attached hydrogen (secondary N) is 1. The highest BCUT2D eigenvalue weighted by Crippen LogP contribution is 2.44. The summed E-state index contributed by atoms with van der Waals surface area (Å²) in [5, 5.41) is 3.85. The Hall–Kier alpha value is -2.42. The van der Waals surface area contributed by atoms with E-state index in [1.54, 1.807) is 0 Å². The molecule has 2 nitrogen and oxygen atoms in total. The third-order valence-corrected chi connectivity index (χ3v) is 4.91. The van der Waals surface area contributed by atoms with Crippen molar-refractivity contribution in [2.24, 2.45) is 0 Å². The van der Waals surface area contributed by atoms with Crippen LogP contribution in [0.5, 0.6) is 0 Å². The second kappa shape index (κ2) is 6.60. The third-order valence-electron chi connectivity index (χ3n) is 4.91. The fraction of sp³-hybridized carbons (Fsp3) is 0.182. The predicted molar refractivity (Wildman–Crippen MR) is 98.4 cm³/mol. The first-order chi connectivity index (χ1) is 11.8. The highest BCUT2D eigenvalue weighted by molar-refractivity contribution is 5.32. The topological polar surface area (TPSA) is 15.3 Å². The standard InChI is InChI=1S/C22H22N2/c1-24-21(18-13-7-3-8-14-18)20(17-11-5-2-6-12-17)23-22(24)19-15-9-4-10-16-19/h2-16,20-23H,1H3/t20-,21-,22-/m1/s1. The number of rotatable bonds is 3. The highest BCUT2D eigenvalue weighted by atomic mass is 15.4. The van der Waals surface area contributed by atoms with Gasteiger partial charge in [-0.2, -0.15) is 0 Å². The van der Waals surface area contributed by atoms with Crippen molar-refractivity contribution in [2.45, 2.75) is 18.2 Å². The first-order valence-electron chi connectivity index (χ1n) is 8.47. The van der Waals surface area contributed by atoms with E-state index in [-0.39, 0.29) is 12.2 Å². The molecule has 3 atom stereocenters. The molecule has 1 aliphatic heterocycles. The van der Waals surface area contributed by atoms with Gasteiger partial charge in [-0.3, -0.25) is 10.2 Å². The lowest BCUT2D eigenvalue weighted by atomic mass is 9.94. The van der Waals surface area contributed by atoms with Gasteiger partial charge in [0.15, 0.2) is 0 Å². The molecular weight excluding hydrogens is 292 g/mol. The summed E-state index contributed by atoms with van der Waals surface area (Å²) in [6, 6.07) is 32.8. The van der Waals surface area contributed by atoms with Crippen LogP contribution in [0.25, 0.3) is 0 Å². The lowest BCUT2D eigenvalue weighted by Crippen LogP contribution is -2.25. The van der Waals surface area contributed by atoms with E-state index in [0.717, 1.165) is 0 Å². The molecule has 0 radical (unpaired) electrons. The second-order valence-corrected chi connectivity index (χ2v) is 6.39. The van der Waals surface area contributed by atoms with Gasteiger partial charge in [-0.1, -0.05) is 91.0 Å². The molecule has 24 heavy (non-hydrogen) atoms. The van der Waals surface area contributed by atoms with Crippen LogP contribution in [0.15, 0.2) is 91.0 Å². The van der Waals surface area contributed by atoms with Gasteiger partial charge in [0.25, 0.3) is 0 Å². The van der Waals surface area contributed by atoms with Gasteiger partial charge in [-0.25, -0.2) is 0 Å². The molecular formula is C22H22N2. The van der Waals surface area contributed by atoms with Gasteiger partial charge in [0.1, 0.15) is 0 Å². The molecule has 0 amide bonds. The van der Waals surface area contributed by atoms with Crippen molar-refractivity contribution in [3.05, 3.63) is 108 Å². The number of benzene rings is 3. The second-order valence-electron chi connectivity index (χ2n) is 6.39. The zero-order valence-corrected chi connectivity index (χ0v) is 13.8. The van der Waals surface area contributed by atoms with Crippen molar-refractivity contribution in [2.75, 3.05) is 7.05 Å². The van der Waals surface area contributed by atoms with Crippen LogP contribution in [0.2, 0.25) is 0 Å². The van der Waals surface area contributed by atoms with E-state index in [0.29, 0.717) is 6.04 Å². The number of likely N-dealkylation sites (N-methyl/N-ethyl adjacent to an activating group) is 1. The van der Waals surface area contributed by atoms with E-state index in [2.05, 4.69) is 108 Å². The molecule has 4 rings (SSSR count). The van der Waals surface area contributed by atoms with Gasteiger partial charge in [0.05, 0.1) is 18.2 Å². The van der Waals surface area contributed by atoms with E-state index in [4.69, 9.17) is 0 Å². The van der Waals surface area contributed by atoms with Crippen molar-refractivity contribution in [3.63, 3.8) is 0 Å². The number of hydrogen-bond acceptors (Lipinski definition) is 2. The van der Waals surface area contributed by atoms with Crippen LogP contribution in [0.4, 0.5) is 0 Å². The van der Waals surface area contributed by atoms with Crippen molar-refractivity contribution in [3.8, 4) is 0 Å². The average Bonchev–Trinajstić information content (AvgIpc) is 3.01. The first-order valence-corrected chi connectivity index (χ1v) is 8.47. The zero-order valence-electron chi connectivity index (χ0n) is 13.8. The third kappa shape index (κ3) is 2.75. The summed E-state index contributed by atoms with van der Waals surface area (Å²) < 4.78 is 0. The SMILES string of the molecule is CN1[C@H](c2ccccc2)[C@@H](c2ccccc2)N[C@H]1c1ccccc1. The summed E-state index contributed by atoms with van der Waals surface area (Å²) in [6.45, 7) is 0. The maximum absolute atomic E-state index is 3.85. The van der Waals surface area contributed by atoms with Crippen molar-refractivity contribution in [1.29, 1.82) is 0 Å². The molecule has 0 bridgehead atoms. The van der Waals surface area contributed by atoms with Gasteiger partial charge >= 0.3 is 0 Å². The molecule has 1 aliphatic rings. The Morgan fingerprint density at radius 1 is 0.625 bits per heavy atom. The Morgan fingerprint density at radius 2 is 1.08 bits per heavy atom. The van der Waals surface area contributed by atoms with E-state index >= 15 is 0 Å². The lowest BCUT2D eigenvalue weighted by molar-refractivity contribution is 0.235. The molecule has 0 saturated carbocycles. The summed E-state index contributed by atoms with van der Waals surface area (Å²) in [7, 11) is 2.21. The van der Waals surface area contributed by atoms with E-state index in [1.807, 2.05) is 0 Å². The Labute approximate surface area is 143 Å². The molecule has 1 heterocycles. The van der Waals surface area contributed by atoms with Crippen LogP contribution in [-0.2, 0) is 0 Å². The van der Waals surface area contributed by atoms with Gasteiger partial charge in [0.2, 0.25) is 0 Å². The maximum atomic E-state index is 3.85. The molecule has 3 aromatic carbocycles. The average molecular weight is 314 g/mol. The van der Waals surface area contributed by atoms with Crippen molar-refractivity contribution >= 4 is 0 Å². The minimum absolute atomic E-state index is 0.210. The fourth-order valence-electron chi connectivity index (χ4n) is 3.76. The Bertz CT molecular complexity index is 771. The van der Waals surface area contributed by atoms with E-state index in [1.165, 1.54) is 16.7 Å². The monoisotopic (exact) mass is 314 g/mol. The number of hydrogen-bond donors (Lipinski definition) is 1. The summed E-state index contributed by atoms with van der Waals surface area (Å²) in [4.78, 5) is 2.45. The summed E-state index contributed by atoms with van der Waals surface area (Å²) in [6.07, 6.45) is 0.210. The Balaban J connectivity index is 1.76.